The van der Waals surface area contributed by atoms with Crippen molar-refractivity contribution in [3.05, 3.63) is 53.1 Å². The molecule has 2 rings (SSSR count). The molecule has 92 valence electrons. The van der Waals surface area contributed by atoms with Crippen LogP contribution in [0.5, 0.6) is 5.75 Å². The molecule has 0 saturated heterocycles. The van der Waals surface area contributed by atoms with Crippen LogP contribution >= 0.6 is 24.2 Å². The van der Waals surface area contributed by atoms with Crippen molar-refractivity contribution in [3.8, 4) is 16.9 Å². The number of rotatable bonds is 3. The van der Waals surface area contributed by atoms with Gasteiger partial charge in [0.1, 0.15) is 5.75 Å². The second-order valence-electron chi connectivity index (χ2n) is 3.73. The average molecular weight is 279 g/mol. The van der Waals surface area contributed by atoms with Gasteiger partial charge in [-0.3, -0.25) is 4.79 Å². The Morgan fingerprint density at radius 2 is 1.72 bits per heavy atom. The lowest BCUT2D eigenvalue weighted by Gasteiger charge is -2.06. The molecule has 0 aliphatic heterocycles. The van der Waals surface area contributed by atoms with Gasteiger partial charge in [0, 0.05) is 5.56 Å². The Kier molecular flexibility index (Phi) is 3.94. The molecule has 0 amide bonds. The molecule has 0 fully saturated rings. The summed E-state index contributed by atoms with van der Waals surface area (Å²) in [5, 5.41) is 0.0719. The molecular formula is C14H11ClO2S. The van der Waals surface area contributed by atoms with Crippen LogP contribution in [-0.4, -0.2) is 12.2 Å². The Balaban J connectivity index is 2.44. The van der Waals surface area contributed by atoms with Crippen molar-refractivity contribution in [1.29, 1.82) is 0 Å². The second kappa shape index (κ2) is 5.46. The average Bonchev–Trinajstić information content (AvgIpc) is 2.39. The number of ether oxygens (including phenoxy) is 1. The number of carbonyl (C=O) groups is 1. The van der Waals surface area contributed by atoms with E-state index in [0.717, 1.165) is 16.9 Å². The molecule has 0 radical (unpaired) electrons. The maximum Gasteiger partial charge on any atom is 0.217 e. The van der Waals surface area contributed by atoms with Gasteiger partial charge in [0.15, 0.2) is 0 Å². The molecule has 0 aromatic heterocycles. The van der Waals surface area contributed by atoms with E-state index in [0.29, 0.717) is 10.6 Å². The summed E-state index contributed by atoms with van der Waals surface area (Å²) < 4.78 is 5.10. The van der Waals surface area contributed by atoms with Gasteiger partial charge in [-0.25, -0.2) is 0 Å². The minimum atomic E-state index is -0.338. The molecule has 0 bridgehead atoms. The summed E-state index contributed by atoms with van der Waals surface area (Å²) in [6, 6.07) is 12.9. The third kappa shape index (κ3) is 2.68. The fourth-order valence-electron chi connectivity index (χ4n) is 1.65. The van der Waals surface area contributed by atoms with Gasteiger partial charge in [0.25, 0.3) is 0 Å². The molecule has 4 heteroatoms. The largest absolute Gasteiger partial charge is 0.497 e. The second-order valence-corrected chi connectivity index (χ2v) is 4.54. The topological polar surface area (TPSA) is 26.3 Å². The molecule has 0 spiro atoms. The maximum atomic E-state index is 11.3. The van der Waals surface area contributed by atoms with Crippen LogP contribution in [0.15, 0.2) is 42.5 Å². The van der Waals surface area contributed by atoms with Crippen LogP contribution in [0.2, 0.25) is 5.02 Å². The maximum absolute atomic E-state index is 11.3. The van der Waals surface area contributed by atoms with Gasteiger partial charge in [0.05, 0.1) is 12.1 Å². The van der Waals surface area contributed by atoms with Crippen LogP contribution in [0.1, 0.15) is 10.4 Å². The highest BCUT2D eigenvalue weighted by molar-refractivity contribution is 7.97. The van der Waals surface area contributed by atoms with E-state index in [1.807, 2.05) is 30.3 Å². The molecule has 0 atom stereocenters. The first-order valence-electron chi connectivity index (χ1n) is 5.29. The lowest BCUT2D eigenvalue weighted by atomic mass is 10.0. The summed E-state index contributed by atoms with van der Waals surface area (Å²) in [5.74, 6) is 0.790. The summed E-state index contributed by atoms with van der Waals surface area (Å²) in [4.78, 5) is 11.3. The number of thiol groups is 1. The highest BCUT2D eigenvalue weighted by atomic mass is 35.5. The van der Waals surface area contributed by atoms with Crippen molar-refractivity contribution in [2.45, 2.75) is 0 Å². The number of benzene rings is 2. The number of carbonyl (C=O) groups excluding carboxylic acids is 1. The van der Waals surface area contributed by atoms with Crippen molar-refractivity contribution in [1.82, 2.24) is 0 Å². The van der Waals surface area contributed by atoms with Crippen molar-refractivity contribution in [2.24, 2.45) is 0 Å². The van der Waals surface area contributed by atoms with Crippen LogP contribution in [-0.2, 0) is 0 Å². The fourth-order valence-corrected chi connectivity index (χ4v) is 2.11. The third-order valence-corrected chi connectivity index (χ3v) is 3.19. The molecule has 2 aromatic rings. The fraction of sp³-hybridized carbons (Fsp3) is 0.0714. The molecule has 0 saturated carbocycles. The Morgan fingerprint density at radius 3 is 2.28 bits per heavy atom. The van der Waals surface area contributed by atoms with Gasteiger partial charge in [-0.1, -0.05) is 29.8 Å². The summed E-state index contributed by atoms with van der Waals surface area (Å²) in [6.07, 6.45) is 0. The Morgan fingerprint density at radius 1 is 1.11 bits per heavy atom. The van der Waals surface area contributed by atoms with Crippen LogP contribution in [0, 0.1) is 0 Å². The predicted molar refractivity (Wildman–Crippen MR) is 76.8 cm³/mol. The quantitative estimate of drug-likeness (QED) is 0.856. The molecule has 0 unspecified atom stereocenters. The zero-order valence-electron chi connectivity index (χ0n) is 9.68. The van der Waals surface area contributed by atoms with Crippen molar-refractivity contribution in [3.63, 3.8) is 0 Å². The molecule has 0 N–H and O–H groups in total. The molecule has 0 heterocycles. The molecular weight excluding hydrogens is 268 g/mol. The number of hydrogen-bond acceptors (Lipinski definition) is 2. The van der Waals surface area contributed by atoms with E-state index in [9.17, 15) is 4.79 Å². The molecule has 2 aromatic carbocycles. The van der Waals surface area contributed by atoms with Gasteiger partial charge in [-0.2, -0.15) is 0 Å². The van der Waals surface area contributed by atoms with Gasteiger partial charge in [-0.15, -0.1) is 12.6 Å². The SMILES string of the molecule is COc1ccc(-c2ccc(Cl)c(C(=O)S)c2)cc1. The predicted octanol–water partition coefficient (Wildman–Crippen LogP) is 4.09. The minimum Gasteiger partial charge on any atom is -0.497 e. The standard InChI is InChI=1S/C14H11ClO2S/c1-17-11-5-2-9(3-6-11)10-4-7-13(15)12(8-10)14(16)18/h2-8H,1H3,(H,16,18). The first-order valence-corrected chi connectivity index (χ1v) is 6.11. The van der Waals surface area contributed by atoms with E-state index in [1.165, 1.54) is 0 Å². The van der Waals surface area contributed by atoms with E-state index in [2.05, 4.69) is 12.6 Å². The lowest BCUT2D eigenvalue weighted by molar-refractivity contribution is 0.109. The van der Waals surface area contributed by atoms with E-state index in [-0.39, 0.29) is 5.12 Å². The minimum absolute atomic E-state index is 0.338. The normalized spacial score (nSPS) is 10.2. The smallest absolute Gasteiger partial charge is 0.217 e. The zero-order valence-corrected chi connectivity index (χ0v) is 11.3. The van der Waals surface area contributed by atoms with Crippen LogP contribution < -0.4 is 4.74 Å². The van der Waals surface area contributed by atoms with Gasteiger partial charge >= 0.3 is 0 Å². The summed E-state index contributed by atoms with van der Waals surface area (Å²) >= 11 is 9.74. The molecule has 18 heavy (non-hydrogen) atoms. The van der Waals surface area contributed by atoms with Gasteiger partial charge < -0.3 is 4.74 Å². The number of hydrogen-bond donors (Lipinski definition) is 1. The monoisotopic (exact) mass is 278 g/mol. The van der Waals surface area contributed by atoms with E-state index in [4.69, 9.17) is 16.3 Å². The van der Waals surface area contributed by atoms with E-state index >= 15 is 0 Å². The van der Waals surface area contributed by atoms with Crippen molar-refractivity contribution in [2.75, 3.05) is 7.11 Å². The highest BCUT2D eigenvalue weighted by Gasteiger charge is 2.08. The summed E-state index contributed by atoms with van der Waals surface area (Å²) in [7, 11) is 1.62. The Labute approximate surface area is 116 Å². The first kappa shape index (κ1) is 13.0. The van der Waals surface area contributed by atoms with Crippen LogP contribution in [0.25, 0.3) is 11.1 Å². The van der Waals surface area contributed by atoms with E-state index < -0.39 is 0 Å². The number of methoxy groups -OCH3 is 1. The summed E-state index contributed by atoms with van der Waals surface area (Å²) in [5.41, 5.74) is 2.32. The van der Waals surface area contributed by atoms with Gasteiger partial charge in [0.2, 0.25) is 5.12 Å². The molecule has 2 nitrogen and oxygen atoms in total. The molecule has 0 aliphatic carbocycles. The van der Waals surface area contributed by atoms with Crippen LogP contribution in [0.4, 0.5) is 0 Å². The highest BCUT2D eigenvalue weighted by Crippen LogP contribution is 2.27. The van der Waals surface area contributed by atoms with E-state index in [1.54, 1.807) is 19.2 Å². The Hall–Kier alpha value is -1.45. The zero-order chi connectivity index (χ0) is 13.1. The van der Waals surface area contributed by atoms with Crippen molar-refractivity contribution >= 4 is 29.3 Å². The van der Waals surface area contributed by atoms with Crippen molar-refractivity contribution < 1.29 is 9.53 Å². The Bertz CT molecular complexity index is 579. The first-order chi connectivity index (χ1) is 8.61. The molecule has 0 aliphatic rings. The summed E-state index contributed by atoms with van der Waals surface area (Å²) in [6.45, 7) is 0. The van der Waals surface area contributed by atoms with Crippen LogP contribution in [0.3, 0.4) is 0 Å². The lowest BCUT2D eigenvalue weighted by Crippen LogP contribution is -1.91. The number of halogens is 1. The van der Waals surface area contributed by atoms with Gasteiger partial charge in [-0.05, 0) is 35.4 Å². The third-order valence-electron chi connectivity index (χ3n) is 2.62.